The van der Waals surface area contributed by atoms with Gasteiger partial charge in [-0.25, -0.2) is 0 Å². The minimum Gasteiger partial charge on any atom is -0.310 e. The van der Waals surface area contributed by atoms with Crippen LogP contribution in [-0.2, 0) is 10.8 Å². The average molecular weight is 1120 g/mol. The maximum atomic E-state index is 2.68. The van der Waals surface area contributed by atoms with Gasteiger partial charge in [-0.3, -0.25) is 0 Å². The topological polar surface area (TPSA) is 9.86 Å². The molecule has 0 spiro atoms. The smallest absolute Gasteiger partial charge is 0.249 e. The molecule has 0 bridgehead atoms. The van der Waals surface area contributed by atoms with E-state index in [4.69, 9.17) is 0 Å². The zero-order valence-corrected chi connectivity index (χ0v) is 48.1. The number of aromatic nitrogens is 2. The third kappa shape index (κ3) is 5.46. The molecule has 0 radical (unpaired) electrons. The molecule has 13 aromatic carbocycles. The van der Waals surface area contributed by atoms with Crippen LogP contribution in [0.3, 0.4) is 0 Å². The molecule has 0 amide bonds. The predicted molar refractivity (Wildman–Crippen MR) is 360 cm³/mol. The lowest BCUT2D eigenvalue weighted by Gasteiger charge is -2.36. The molecule has 0 atom stereocenters. The van der Waals surface area contributed by atoms with E-state index in [1.807, 2.05) is 23.5 Å². The van der Waals surface area contributed by atoms with E-state index in [9.17, 15) is 0 Å². The van der Waals surface area contributed by atoms with Crippen molar-refractivity contribution in [3.05, 3.63) is 324 Å². The molecule has 394 valence electrons. The molecule has 4 aliphatic heterocycles. The highest BCUT2D eigenvalue weighted by Crippen LogP contribution is 2.61. The minimum atomic E-state index is -0.546. The number of nitrogens with zero attached hydrogens (tertiary/aromatic N) is 2. The second-order valence-corrected chi connectivity index (χ2v) is 26.5. The Kier molecular flexibility index (Phi) is 8.99. The van der Waals surface area contributed by atoms with Crippen molar-refractivity contribution in [2.75, 3.05) is 0 Å². The van der Waals surface area contributed by atoms with Crippen LogP contribution in [0.4, 0.5) is 0 Å². The molecule has 2 aliphatic carbocycles. The molecule has 15 aromatic rings. The summed E-state index contributed by atoms with van der Waals surface area (Å²) in [6.07, 6.45) is 0. The van der Waals surface area contributed by atoms with Crippen molar-refractivity contribution in [3.8, 4) is 33.6 Å². The number of rotatable bonds is 4. The molecule has 2 nitrogen and oxygen atoms in total. The molecule has 6 heteroatoms. The first kappa shape index (κ1) is 46.6. The number of benzene rings is 13. The Morgan fingerprint density at radius 1 is 0.291 bits per heavy atom. The van der Waals surface area contributed by atoms with Gasteiger partial charge in [0.2, 0.25) is 13.4 Å². The molecule has 0 fully saturated rings. The lowest BCUT2D eigenvalue weighted by Crippen LogP contribution is -2.62. The van der Waals surface area contributed by atoms with Crippen LogP contribution in [0.2, 0.25) is 0 Å². The van der Waals surface area contributed by atoms with Crippen LogP contribution in [0, 0.1) is 0 Å². The summed E-state index contributed by atoms with van der Waals surface area (Å²) in [7, 11) is 0. The Bertz CT molecular complexity index is 5130. The van der Waals surface area contributed by atoms with Gasteiger partial charge >= 0.3 is 0 Å². The minimum absolute atomic E-state index is 0.0299. The number of para-hydroxylation sites is 2. The van der Waals surface area contributed by atoms with Gasteiger partial charge < -0.3 is 9.13 Å². The molecule has 6 heterocycles. The van der Waals surface area contributed by atoms with Crippen LogP contribution >= 0.6 is 23.5 Å². The number of hydrogen-bond acceptors (Lipinski definition) is 2. The molecule has 21 rings (SSSR count). The van der Waals surface area contributed by atoms with Gasteiger partial charge in [-0.1, -0.05) is 271 Å². The zero-order chi connectivity index (χ0) is 55.7. The van der Waals surface area contributed by atoms with Crippen molar-refractivity contribution in [1.29, 1.82) is 0 Å². The van der Waals surface area contributed by atoms with Crippen molar-refractivity contribution in [3.63, 3.8) is 0 Å². The third-order valence-electron chi connectivity index (χ3n) is 20.8. The van der Waals surface area contributed by atoms with E-state index >= 15 is 0 Å². The van der Waals surface area contributed by atoms with Gasteiger partial charge in [0.15, 0.2) is 0 Å². The van der Waals surface area contributed by atoms with Crippen molar-refractivity contribution in [1.82, 2.24) is 9.13 Å². The quantitative estimate of drug-likeness (QED) is 0.163. The largest absolute Gasteiger partial charge is 0.310 e. The zero-order valence-electron chi connectivity index (χ0n) is 46.4. The standard InChI is InChI=1S/C80H46B2N2S2/c1-5-21-47(22-6-1)79(48-23-7-2-8-24-48)57-33-15-13-29-51(57)53-41-43-63-71(73(53)79)55-31-17-35-59-77(55)83(63)65-37-19-39-67-75(65)81(59)61-45-62-70(46-69(61)85-67)86-68-40-20-38-66-76(68)82(62)60-36-18-32-56-72-64(84(66)78(56)60)44-42-54-52-30-14-16-34-58(52)80(74(54)72,49-25-9-3-10-26-49)50-27-11-4-12-28-50/h1-46H. The molecular weight excluding hydrogens is 1070 g/mol. The van der Waals surface area contributed by atoms with Gasteiger partial charge in [-0.2, -0.15) is 0 Å². The third-order valence-corrected chi connectivity index (χ3v) is 23.1. The highest BCUT2D eigenvalue weighted by Gasteiger charge is 2.52. The summed E-state index contributed by atoms with van der Waals surface area (Å²) in [4.78, 5) is 5.39. The summed E-state index contributed by atoms with van der Waals surface area (Å²) in [6, 6.07) is 107. The van der Waals surface area contributed by atoms with Gasteiger partial charge in [0.1, 0.15) is 0 Å². The second kappa shape index (κ2) is 16.6. The SMILES string of the molecule is c1ccc(C2(c3ccccc3)c3ccccc3-c3ccc4c(c32)c2cccc3c2n4-c2cccc4c2B3c2cc3c(cc2S4)Sc2cccc4c2B3c2cccc3c5c6c(ccc5n-4c23)-c2ccccc2C6(c2ccccc2)c2ccccc2)cc1. The van der Waals surface area contributed by atoms with E-state index in [0.717, 1.165) is 0 Å². The fraction of sp³-hybridized carbons (Fsp3) is 0.0250. The van der Waals surface area contributed by atoms with E-state index in [2.05, 4.69) is 288 Å². The van der Waals surface area contributed by atoms with Gasteiger partial charge in [-0.15, -0.1) is 0 Å². The first-order valence-electron chi connectivity index (χ1n) is 30.1. The first-order valence-corrected chi connectivity index (χ1v) is 31.8. The fourth-order valence-electron chi connectivity index (χ4n) is 17.8. The highest BCUT2D eigenvalue weighted by atomic mass is 32.2. The van der Waals surface area contributed by atoms with Crippen molar-refractivity contribution in [2.45, 2.75) is 30.4 Å². The maximum Gasteiger partial charge on any atom is 0.249 e. The lowest BCUT2D eigenvalue weighted by atomic mass is 9.32. The molecule has 86 heavy (non-hydrogen) atoms. The summed E-state index contributed by atoms with van der Waals surface area (Å²) in [5, 5.41) is 5.30. The monoisotopic (exact) mass is 1120 g/mol. The maximum absolute atomic E-state index is 2.68. The van der Waals surface area contributed by atoms with E-state index in [0.29, 0.717) is 0 Å². The Labute approximate surface area is 506 Å². The molecule has 0 unspecified atom stereocenters. The fourth-order valence-corrected chi connectivity index (χ4v) is 20.3. The van der Waals surface area contributed by atoms with E-state index in [-0.39, 0.29) is 13.4 Å². The van der Waals surface area contributed by atoms with Gasteiger partial charge in [0.25, 0.3) is 0 Å². The van der Waals surface area contributed by atoms with Crippen LogP contribution in [0.1, 0.15) is 44.5 Å². The summed E-state index contributed by atoms with van der Waals surface area (Å²) >= 11 is 3.93. The van der Waals surface area contributed by atoms with Gasteiger partial charge in [0, 0.05) is 63.5 Å². The Morgan fingerprint density at radius 3 is 1.09 bits per heavy atom. The second-order valence-electron chi connectivity index (χ2n) is 24.4. The van der Waals surface area contributed by atoms with Crippen molar-refractivity contribution >= 4 is 113 Å². The van der Waals surface area contributed by atoms with Crippen LogP contribution in [0.5, 0.6) is 0 Å². The van der Waals surface area contributed by atoms with Gasteiger partial charge in [0.05, 0.1) is 21.9 Å². The molecule has 6 aliphatic rings. The lowest BCUT2D eigenvalue weighted by molar-refractivity contribution is 0.776. The van der Waals surface area contributed by atoms with E-state index in [1.54, 1.807) is 0 Å². The van der Waals surface area contributed by atoms with E-state index in [1.165, 1.54) is 174 Å². The van der Waals surface area contributed by atoms with Crippen LogP contribution in [-0.4, -0.2) is 22.6 Å². The molecule has 2 aromatic heterocycles. The van der Waals surface area contributed by atoms with Gasteiger partial charge in [-0.05, 0) is 131 Å². The summed E-state index contributed by atoms with van der Waals surface area (Å²) in [5.41, 5.74) is 30.8. The van der Waals surface area contributed by atoms with Crippen LogP contribution < -0.4 is 32.8 Å². The Morgan fingerprint density at radius 2 is 0.674 bits per heavy atom. The number of fused-ring (bicyclic) bond motifs is 22. The predicted octanol–water partition coefficient (Wildman–Crippen LogP) is 15.2. The average Bonchev–Trinajstić information content (AvgIpc) is 1.63. The Balaban J connectivity index is 0.815. The molecule has 0 N–H and O–H groups in total. The molecular formula is C80H46B2N2S2. The summed E-state index contributed by atoms with van der Waals surface area (Å²) in [5.74, 6) is 0. The highest BCUT2D eigenvalue weighted by molar-refractivity contribution is 8.01. The van der Waals surface area contributed by atoms with Crippen molar-refractivity contribution in [2.24, 2.45) is 0 Å². The first-order chi connectivity index (χ1) is 42.7. The normalized spacial score (nSPS) is 15.0. The Hall–Kier alpha value is -9.71. The van der Waals surface area contributed by atoms with Crippen LogP contribution in [0.15, 0.2) is 299 Å². The molecule has 0 saturated carbocycles. The van der Waals surface area contributed by atoms with Crippen LogP contribution in [0.25, 0.3) is 77.2 Å². The van der Waals surface area contributed by atoms with E-state index < -0.39 is 10.8 Å². The molecule has 0 saturated heterocycles. The van der Waals surface area contributed by atoms with Crippen molar-refractivity contribution < 1.29 is 0 Å². The summed E-state index contributed by atoms with van der Waals surface area (Å²) in [6.45, 7) is 0.0598. The number of hydrogen-bond donors (Lipinski definition) is 0. The summed E-state index contributed by atoms with van der Waals surface area (Å²) < 4.78 is 5.31.